The summed E-state index contributed by atoms with van der Waals surface area (Å²) < 4.78 is 0. The lowest BCUT2D eigenvalue weighted by atomic mass is 9.91. The summed E-state index contributed by atoms with van der Waals surface area (Å²) in [7, 11) is 0. The molecule has 0 aromatic heterocycles. The van der Waals surface area contributed by atoms with Crippen LogP contribution in [-0.4, -0.2) is 10.8 Å². The van der Waals surface area contributed by atoms with Gasteiger partial charge in [-0.1, -0.05) is 42.5 Å². The van der Waals surface area contributed by atoms with Crippen molar-refractivity contribution >= 4 is 11.6 Å². The first-order valence-electron chi connectivity index (χ1n) is 6.15. The van der Waals surface area contributed by atoms with Gasteiger partial charge in [-0.3, -0.25) is 14.9 Å². The standard InChI is InChI=1S/C15H14N2O3/c16-15(18)14(12-4-2-1-3-5-12)10-11-6-8-13(9-7-11)17(19)20/h1-9,14H,10H2,(H2,16,18). The van der Waals surface area contributed by atoms with E-state index in [1.54, 1.807) is 12.1 Å². The molecule has 0 radical (unpaired) electrons. The quantitative estimate of drug-likeness (QED) is 0.668. The highest BCUT2D eigenvalue weighted by Gasteiger charge is 2.18. The van der Waals surface area contributed by atoms with Gasteiger partial charge < -0.3 is 5.73 Å². The number of benzene rings is 2. The molecule has 0 saturated carbocycles. The van der Waals surface area contributed by atoms with Crippen molar-refractivity contribution in [1.29, 1.82) is 0 Å². The molecular formula is C15H14N2O3. The number of amides is 1. The number of nitrogens with zero attached hydrogens (tertiary/aromatic N) is 1. The summed E-state index contributed by atoms with van der Waals surface area (Å²) in [5, 5.41) is 10.6. The van der Waals surface area contributed by atoms with Crippen molar-refractivity contribution in [3.8, 4) is 0 Å². The lowest BCUT2D eigenvalue weighted by Gasteiger charge is -2.13. The summed E-state index contributed by atoms with van der Waals surface area (Å²) in [6.45, 7) is 0. The van der Waals surface area contributed by atoms with E-state index in [9.17, 15) is 14.9 Å². The number of rotatable bonds is 5. The number of non-ortho nitro benzene ring substituents is 1. The molecule has 0 aliphatic heterocycles. The molecule has 0 saturated heterocycles. The summed E-state index contributed by atoms with van der Waals surface area (Å²) in [6, 6.07) is 15.4. The van der Waals surface area contributed by atoms with E-state index in [0.29, 0.717) is 6.42 Å². The molecule has 2 N–H and O–H groups in total. The SMILES string of the molecule is NC(=O)C(Cc1ccc([N+](=O)[O-])cc1)c1ccccc1. The van der Waals surface area contributed by atoms with Gasteiger partial charge in [-0.25, -0.2) is 0 Å². The molecule has 0 fully saturated rings. The van der Waals surface area contributed by atoms with Crippen molar-refractivity contribution in [2.45, 2.75) is 12.3 Å². The van der Waals surface area contributed by atoms with Gasteiger partial charge in [0.2, 0.25) is 5.91 Å². The van der Waals surface area contributed by atoms with Crippen molar-refractivity contribution in [2.24, 2.45) is 5.73 Å². The molecule has 5 heteroatoms. The van der Waals surface area contributed by atoms with Crippen molar-refractivity contribution in [3.63, 3.8) is 0 Å². The van der Waals surface area contributed by atoms with Gasteiger partial charge in [0.15, 0.2) is 0 Å². The monoisotopic (exact) mass is 270 g/mol. The zero-order valence-electron chi connectivity index (χ0n) is 10.7. The Morgan fingerprint density at radius 1 is 1.10 bits per heavy atom. The molecule has 2 aromatic carbocycles. The fourth-order valence-corrected chi connectivity index (χ4v) is 2.06. The molecule has 0 aliphatic rings. The maximum absolute atomic E-state index is 11.6. The van der Waals surface area contributed by atoms with E-state index in [4.69, 9.17) is 5.73 Å². The lowest BCUT2D eigenvalue weighted by molar-refractivity contribution is -0.384. The first kappa shape index (κ1) is 13.7. The van der Waals surface area contributed by atoms with Crippen LogP contribution in [0.15, 0.2) is 54.6 Å². The molecule has 20 heavy (non-hydrogen) atoms. The highest BCUT2D eigenvalue weighted by Crippen LogP contribution is 2.22. The molecule has 2 rings (SSSR count). The second-order valence-corrected chi connectivity index (χ2v) is 4.49. The number of hydrogen-bond acceptors (Lipinski definition) is 3. The highest BCUT2D eigenvalue weighted by atomic mass is 16.6. The number of carbonyl (C=O) groups excluding carboxylic acids is 1. The van der Waals surface area contributed by atoms with Crippen LogP contribution in [0.3, 0.4) is 0 Å². The van der Waals surface area contributed by atoms with Crippen LogP contribution in [0.25, 0.3) is 0 Å². The van der Waals surface area contributed by atoms with Crippen molar-refractivity contribution in [3.05, 3.63) is 75.8 Å². The predicted octanol–water partition coefficient (Wildman–Crippen LogP) is 2.41. The smallest absolute Gasteiger partial charge is 0.269 e. The van der Waals surface area contributed by atoms with E-state index in [1.807, 2.05) is 30.3 Å². The first-order chi connectivity index (χ1) is 9.58. The minimum atomic E-state index is -0.452. The van der Waals surface area contributed by atoms with Crippen molar-refractivity contribution < 1.29 is 9.72 Å². The largest absolute Gasteiger partial charge is 0.369 e. The molecular weight excluding hydrogens is 256 g/mol. The van der Waals surface area contributed by atoms with Crippen LogP contribution < -0.4 is 5.73 Å². The van der Waals surface area contributed by atoms with Gasteiger partial charge in [0.25, 0.3) is 5.69 Å². The van der Waals surface area contributed by atoms with E-state index < -0.39 is 16.7 Å². The number of hydrogen-bond donors (Lipinski definition) is 1. The average Bonchev–Trinajstić information content (AvgIpc) is 2.46. The number of carbonyl (C=O) groups is 1. The van der Waals surface area contributed by atoms with Crippen LogP contribution in [0, 0.1) is 10.1 Å². The van der Waals surface area contributed by atoms with Crippen LogP contribution >= 0.6 is 0 Å². The fraction of sp³-hybridized carbons (Fsp3) is 0.133. The minimum absolute atomic E-state index is 0.0316. The van der Waals surface area contributed by atoms with E-state index >= 15 is 0 Å². The molecule has 2 aromatic rings. The van der Waals surface area contributed by atoms with Crippen LogP contribution in [0.2, 0.25) is 0 Å². The molecule has 5 nitrogen and oxygen atoms in total. The Balaban J connectivity index is 2.21. The summed E-state index contributed by atoms with van der Waals surface area (Å²) in [4.78, 5) is 21.7. The van der Waals surface area contributed by atoms with E-state index in [0.717, 1.165) is 11.1 Å². The maximum atomic E-state index is 11.6. The Morgan fingerprint density at radius 3 is 2.20 bits per heavy atom. The fourth-order valence-electron chi connectivity index (χ4n) is 2.06. The molecule has 1 atom stereocenters. The van der Waals surface area contributed by atoms with Crippen LogP contribution in [0.5, 0.6) is 0 Å². The lowest BCUT2D eigenvalue weighted by Crippen LogP contribution is -2.23. The summed E-state index contributed by atoms with van der Waals surface area (Å²) in [6.07, 6.45) is 0.428. The average molecular weight is 270 g/mol. The Bertz CT molecular complexity index is 609. The molecule has 0 bridgehead atoms. The molecule has 0 heterocycles. The molecule has 102 valence electrons. The third-order valence-corrected chi connectivity index (χ3v) is 3.13. The number of primary amides is 1. The topological polar surface area (TPSA) is 86.2 Å². The highest BCUT2D eigenvalue weighted by molar-refractivity contribution is 5.82. The third kappa shape index (κ3) is 3.20. The van der Waals surface area contributed by atoms with Gasteiger partial charge in [0, 0.05) is 12.1 Å². The van der Waals surface area contributed by atoms with Gasteiger partial charge in [0.05, 0.1) is 10.8 Å². The van der Waals surface area contributed by atoms with Gasteiger partial charge in [-0.2, -0.15) is 0 Å². The van der Waals surface area contributed by atoms with E-state index in [-0.39, 0.29) is 5.69 Å². The second-order valence-electron chi connectivity index (χ2n) is 4.49. The van der Waals surface area contributed by atoms with Crippen LogP contribution in [0.4, 0.5) is 5.69 Å². The summed E-state index contributed by atoms with van der Waals surface area (Å²) in [5.41, 5.74) is 7.16. The van der Waals surface area contributed by atoms with E-state index in [2.05, 4.69) is 0 Å². The van der Waals surface area contributed by atoms with Crippen molar-refractivity contribution in [2.75, 3.05) is 0 Å². The second kappa shape index (κ2) is 5.97. The zero-order valence-corrected chi connectivity index (χ0v) is 10.7. The normalized spacial score (nSPS) is 11.8. The Hall–Kier alpha value is -2.69. The molecule has 1 amide bonds. The molecule has 0 aliphatic carbocycles. The predicted molar refractivity (Wildman–Crippen MR) is 75.2 cm³/mol. The van der Waals surface area contributed by atoms with Gasteiger partial charge in [-0.05, 0) is 17.5 Å². The summed E-state index contributed by atoms with van der Waals surface area (Å²) >= 11 is 0. The first-order valence-corrected chi connectivity index (χ1v) is 6.15. The Kier molecular flexibility index (Phi) is 4.10. The van der Waals surface area contributed by atoms with Crippen LogP contribution in [0.1, 0.15) is 17.0 Å². The van der Waals surface area contributed by atoms with Crippen LogP contribution in [-0.2, 0) is 11.2 Å². The van der Waals surface area contributed by atoms with Gasteiger partial charge in [0.1, 0.15) is 0 Å². The maximum Gasteiger partial charge on any atom is 0.269 e. The zero-order chi connectivity index (χ0) is 14.5. The third-order valence-electron chi connectivity index (χ3n) is 3.13. The Morgan fingerprint density at radius 2 is 1.70 bits per heavy atom. The number of nitro groups is 1. The number of nitro benzene ring substituents is 1. The Labute approximate surface area is 116 Å². The van der Waals surface area contributed by atoms with Gasteiger partial charge >= 0.3 is 0 Å². The summed E-state index contributed by atoms with van der Waals surface area (Å²) in [5.74, 6) is -0.841. The number of nitrogens with two attached hydrogens (primary N) is 1. The van der Waals surface area contributed by atoms with Crippen molar-refractivity contribution in [1.82, 2.24) is 0 Å². The van der Waals surface area contributed by atoms with Gasteiger partial charge in [-0.15, -0.1) is 0 Å². The molecule has 1 unspecified atom stereocenters. The molecule has 0 spiro atoms. The minimum Gasteiger partial charge on any atom is -0.369 e. The van der Waals surface area contributed by atoms with E-state index in [1.165, 1.54) is 12.1 Å².